The predicted molar refractivity (Wildman–Crippen MR) is 105 cm³/mol. The monoisotopic (exact) mass is 338 g/mol. The molecule has 0 aliphatic carbocycles. The summed E-state index contributed by atoms with van der Waals surface area (Å²) in [5, 5.41) is 0. The number of aryl methyl sites for hydroxylation is 1. The minimum atomic E-state index is -0.191. The first-order valence-corrected chi connectivity index (χ1v) is 9.03. The first kappa shape index (κ1) is 17.7. The third-order valence-electron chi connectivity index (χ3n) is 5.23. The van der Waals surface area contributed by atoms with Gasteiger partial charge in [-0.05, 0) is 87.1 Å². The third kappa shape index (κ3) is 3.46. The minimum absolute atomic E-state index is 0.183. The summed E-state index contributed by atoms with van der Waals surface area (Å²) in [6.07, 6.45) is 3.02. The summed E-state index contributed by atoms with van der Waals surface area (Å²) in [7, 11) is 0. The number of aliphatic imine (C=N–C) groups is 1. The lowest BCUT2D eigenvalue weighted by atomic mass is 9.79. The number of anilines is 1. The Morgan fingerprint density at radius 2 is 2.00 bits per heavy atom. The summed E-state index contributed by atoms with van der Waals surface area (Å²) >= 11 is 0. The molecule has 1 heterocycles. The molecule has 132 valence electrons. The van der Waals surface area contributed by atoms with Gasteiger partial charge in [-0.15, -0.1) is 0 Å². The maximum Gasteiger partial charge on any atom is 0.126 e. The Labute approximate surface area is 150 Å². The van der Waals surface area contributed by atoms with Crippen LogP contribution in [0.2, 0.25) is 0 Å². The first-order valence-electron chi connectivity index (χ1n) is 9.03. The van der Waals surface area contributed by atoms with Crippen LogP contribution in [0, 0.1) is 12.7 Å². The van der Waals surface area contributed by atoms with E-state index in [1.807, 2.05) is 6.21 Å². The molecule has 0 saturated carbocycles. The molecule has 0 amide bonds. The molecule has 25 heavy (non-hydrogen) atoms. The highest BCUT2D eigenvalue weighted by Crippen LogP contribution is 2.43. The van der Waals surface area contributed by atoms with Crippen LogP contribution in [-0.2, 0) is 0 Å². The van der Waals surface area contributed by atoms with E-state index >= 15 is 0 Å². The fourth-order valence-electron chi connectivity index (χ4n) is 4.05. The number of hydrogen-bond acceptors (Lipinski definition) is 2. The van der Waals surface area contributed by atoms with E-state index in [4.69, 9.17) is 0 Å². The second-order valence-corrected chi connectivity index (χ2v) is 7.67. The molecule has 1 unspecified atom stereocenters. The largest absolute Gasteiger partial charge is 0.366 e. The molecule has 1 aliphatic rings. The summed E-state index contributed by atoms with van der Waals surface area (Å²) in [5.74, 6) is 0.332. The van der Waals surface area contributed by atoms with E-state index in [0.29, 0.717) is 11.5 Å². The van der Waals surface area contributed by atoms with E-state index in [0.717, 1.165) is 24.2 Å². The van der Waals surface area contributed by atoms with Gasteiger partial charge in [-0.25, -0.2) is 4.39 Å². The van der Waals surface area contributed by atoms with Crippen molar-refractivity contribution >= 4 is 17.6 Å². The molecule has 0 fully saturated rings. The van der Waals surface area contributed by atoms with E-state index in [2.05, 4.69) is 55.8 Å². The molecular weight excluding hydrogens is 311 g/mol. The van der Waals surface area contributed by atoms with Crippen LogP contribution in [0.4, 0.5) is 15.8 Å². The van der Waals surface area contributed by atoms with Gasteiger partial charge in [0.05, 0.1) is 5.69 Å². The Kier molecular flexibility index (Phi) is 4.68. The van der Waals surface area contributed by atoms with Crippen molar-refractivity contribution in [2.45, 2.75) is 52.5 Å². The predicted octanol–water partition coefficient (Wildman–Crippen LogP) is 6.00. The molecule has 2 aromatic carbocycles. The van der Waals surface area contributed by atoms with Crippen LogP contribution in [0.25, 0.3) is 0 Å². The number of nitrogens with zero attached hydrogens (tertiary/aromatic N) is 2. The molecule has 0 N–H and O–H groups in total. The molecule has 2 aromatic rings. The Bertz CT molecular complexity index is 808. The Balaban J connectivity index is 1.92. The van der Waals surface area contributed by atoms with Crippen molar-refractivity contribution in [1.29, 1.82) is 0 Å². The molecule has 1 aliphatic heterocycles. The Morgan fingerprint density at radius 3 is 2.68 bits per heavy atom. The Hall–Kier alpha value is -2.16. The van der Waals surface area contributed by atoms with Gasteiger partial charge >= 0.3 is 0 Å². The van der Waals surface area contributed by atoms with Gasteiger partial charge in [0.2, 0.25) is 0 Å². The van der Waals surface area contributed by atoms with Crippen LogP contribution in [0.3, 0.4) is 0 Å². The average molecular weight is 338 g/mol. The van der Waals surface area contributed by atoms with Crippen molar-refractivity contribution in [3.8, 4) is 0 Å². The van der Waals surface area contributed by atoms with Gasteiger partial charge in [-0.1, -0.05) is 13.0 Å². The highest BCUT2D eigenvalue weighted by molar-refractivity contribution is 5.83. The van der Waals surface area contributed by atoms with Gasteiger partial charge in [-0.2, -0.15) is 0 Å². The summed E-state index contributed by atoms with van der Waals surface area (Å²) in [6, 6.07) is 11.5. The van der Waals surface area contributed by atoms with Crippen LogP contribution >= 0.6 is 0 Å². The fraction of sp³-hybridized carbons (Fsp3) is 0.409. The van der Waals surface area contributed by atoms with E-state index in [1.54, 1.807) is 19.1 Å². The quantitative estimate of drug-likeness (QED) is 0.627. The molecule has 0 saturated heterocycles. The van der Waals surface area contributed by atoms with Crippen molar-refractivity contribution in [1.82, 2.24) is 0 Å². The van der Waals surface area contributed by atoms with Crippen molar-refractivity contribution in [3.63, 3.8) is 0 Å². The number of benzene rings is 2. The van der Waals surface area contributed by atoms with Gasteiger partial charge in [-0.3, -0.25) is 4.99 Å². The maximum absolute atomic E-state index is 13.4. The van der Waals surface area contributed by atoms with Gasteiger partial charge in [0.25, 0.3) is 0 Å². The number of fused-ring (bicyclic) bond motifs is 1. The highest BCUT2D eigenvalue weighted by Gasteiger charge is 2.35. The lowest BCUT2D eigenvalue weighted by Gasteiger charge is -2.47. The zero-order chi connectivity index (χ0) is 18.2. The molecule has 0 radical (unpaired) electrons. The highest BCUT2D eigenvalue weighted by atomic mass is 19.1. The van der Waals surface area contributed by atoms with Gasteiger partial charge in [0.1, 0.15) is 5.82 Å². The molecule has 2 nitrogen and oxygen atoms in total. The zero-order valence-corrected chi connectivity index (χ0v) is 15.8. The lowest BCUT2D eigenvalue weighted by Crippen LogP contribution is -2.48. The lowest BCUT2D eigenvalue weighted by molar-refractivity contribution is 0.381. The summed E-state index contributed by atoms with van der Waals surface area (Å²) < 4.78 is 13.4. The maximum atomic E-state index is 13.4. The van der Waals surface area contributed by atoms with Crippen LogP contribution in [0.5, 0.6) is 0 Å². The van der Waals surface area contributed by atoms with Crippen molar-refractivity contribution < 1.29 is 4.39 Å². The normalized spacial score (nSPS) is 19.3. The molecule has 1 atom stereocenters. The van der Waals surface area contributed by atoms with Crippen molar-refractivity contribution in [2.24, 2.45) is 4.99 Å². The number of halogens is 1. The number of rotatable bonds is 3. The van der Waals surface area contributed by atoms with E-state index in [-0.39, 0.29) is 11.4 Å². The van der Waals surface area contributed by atoms with Crippen molar-refractivity contribution in [3.05, 3.63) is 58.9 Å². The molecule has 0 aromatic heterocycles. The van der Waals surface area contributed by atoms with Crippen LogP contribution in [-0.4, -0.2) is 18.3 Å². The van der Waals surface area contributed by atoms with E-state index in [1.165, 1.54) is 17.3 Å². The summed E-state index contributed by atoms with van der Waals surface area (Å²) in [6.45, 7) is 11.9. The molecule has 3 rings (SSSR count). The SMILES string of the molecule is CCN1c2ccc(C=Nc3ccc(F)c(C)c3)cc2C(C)CC1(C)C. The van der Waals surface area contributed by atoms with Gasteiger partial charge in [0.15, 0.2) is 0 Å². The van der Waals surface area contributed by atoms with Crippen LogP contribution in [0.1, 0.15) is 56.7 Å². The molecule has 0 bridgehead atoms. The standard InChI is InChI=1S/C22H27FN2/c1-6-25-21-10-7-17(12-19(21)16(3)13-22(25,4)5)14-24-18-8-9-20(23)15(2)11-18/h7-12,14,16H,6,13H2,1-5H3. The van der Waals surface area contributed by atoms with E-state index < -0.39 is 0 Å². The van der Waals surface area contributed by atoms with Gasteiger partial charge in [0, 0.05) is 24.0 Å². The fourth-order valence-corrected chi connectivity index (χ4v) is 4.05. The van der Waals surface area contributed by atoms with Crippen LogP contribution < -0.4 is 4.90 Å². The number of hydrogen-bond donors (Lipinski definition) is 0. The average Bonchev–Trinajstić information content (AvgIpc) is 2.56. The second kappa shape index (κ2) is 6.62. The summed E-state index contributed by atoms with van der Waals surface area (Å²) in [4.78, 5) is 7.01. The van der Waals surface area contributed by atoms with Gasteiger partial charge < -0.3 is 4.90 Å². The zero-order valence-electron chi connectivity index (χ0n) is 15.8. The minimum Gasteiger partial charge on any atom is -0.366 e. The Morgan fingerprint density at radius 1 is 1.24 bits per heavy atom. The third-order valence-corrected chi connectivity index (χ3v) is 5.23. The molecule has 0 spiro atoms. The summed E-state index contributed by atoms with van der Waals surface area (Å²) in [5.41, 5.74) is 5.39. The van der Waals surface area contributed by atoms with Crippen LogP contribution in [0.15, 0.2) is 41.4 Å². The second-order valence-electron chi connectivity index (χ2n) is 7.67. The smallest absolute Gasteiger partial charge is 0.126 e. The molecule has 3 heteroatoms. The first-order chi connectivity index (χ1) is 11.8. The van der Waals surface area contributed by atoms with Crippen molar-refractivity contribution in [2.75, 3.05) is 11.4 Å². The van der Waals surface area contributed by atoms with E-state index in [9.17, 15) is 4.39 Å². The molecular formula is C22H27FN2. The topological polar surface area (TPSA) is 15.6 Å².